The fraction of sp³-hybridized carbons (Fsp3) is 0.333. The second kappa shape index (κ2) is 7.90. The first-order valence-corrected chi connectivity index (χ1v) is 8.33. The number of nitrogens with zero attached hydrogens (tertiary/aromatic N) is 1. The molecule has 1 amide bonds. The molecule has 3 rings (SSSR count). The van der Waals surface area contributed by atoms with Gasteiger partial charge in [0, 0.05) is 24.4 Å². The maximum absolute atomic E-state index is 12.9. The molecule has 11 heteroatoms. The minimum atomic E-state index is -5.01. The molecule has 1 saturated heterocycles. The van der Waals surface area contributed by atoms with Gasteiger partial charge in [0.1, 0.15) is 6.10 Å². The molecule has 0 spiro atoms. The number of benzene rings is 1. The maximum atomic E-state index is 12.9. The predicted octanol–water partition coefficient (Wildman–Crippen LogP) is 4.54. The molecular formula is C18H14F6N2O3. The molecule has 0 aliphatic carbocycles. The van der Waals surface area contributed by atoms with Gasteiger partial charge in [-0.2, -0.15) is 26.3 Å². The fourth-order valence-electron chi connectivity index (χ4n) is 2.59. The number of amides is 1. The van der Waals surface area contributed by atoms with Gasteiger partial charge >= 0.3 is 12.4 Å². The molecule has 1 N–H and O–H groups in total. The van der Waals surface area contributed by atoms with E-state index in [1.165, 1.54) is 12.1 Å². The molecule has 1 aromatic heterocycles. The van der Waals surface area contributed by atoms with Gasteiger partial charge in [0.2, 0.25) is 5.88 Å². The fourth-order valence-corrected chi connectivity index (χ4v) is 2.59. The summed E-state index contributed by atoms with van der Waals surface area (Å²) in [4.78, 5) is 16.1. The number of pyridine rings is 1. The molecular weight excluding hydrogens is 406 g/mol. The largest absolute Gasteiger partial charge is 0.472 e. The summed E-state index contributed by atoms with van der Waals surface area (Å²) in [5, 5.41) is 2.04. The zero-order chi connectivity index (χ0) is 21.2. The van der Waals surface area contributed by atoms with Crippen molar-refractivity contribution >= 4 is 11.6 Å². The van der Waals surface area contributed by atoms with Crippen molar-refractivity contribution < 1.29 is 40.6 Å². The van der Waals surface area contributed by atoms with Crippen LogP contribution >= 0.6 is 0 Å². The van der Waals surface area contributed by atoms with Crippen molar-refractivity contribution in [2.24, 2.45) is 0 Å². The van der Waals surface area contributed by atoms with Gasteiger partial charge in [0.25, 0.3) is 5.91 Å². The normalized spacial score (nSPS) is 17.2. The Hall–Kier alpha value is -2.82. The van der Waals surface area contributed by atoms with Crippen molar-refractivity contribution in [3.05, 3.63) is 53.2 Å². The first kappa shape index (κ1) is 20.9. The number of rotatable bonds is 4. The number of aromatic nitrogens is 1. The average molecular weight is 420 g/mol. The van der Waals surface area contributed by atoms with Gasteiger partial charge in [0.05, 0.1) is 29.9 Å². The van der Waals surface area contributed by atoms with Crippen molar-refractivity contribution in [1.29, 1.82) is 0 Å². The lowest BCUT2D eigenvalue weighted by atomic mass is 10.1. The monoisotopic (exact) mass is 420 g/mol. The Morgan fingerprint density at radius 2 is 1.72 bits per heavy atom. The van der Waals surface area contributed by atoms with E-state index >= 15 is 0 Å². The zero-order valence-electron chi connectivity index (χ0n) is 14.6. The highest BCUT2D eigenvalue weighted by Gasteiger charge is 2.37. The van der Waals surface area contributed by atoms with Crippen LogP contribution in [0.15, 0.2) is 36.5 Å². The van der Waals surface area contributed by atoms with Crippen LogP contribution in [-0.4, -0.2) is 30.2 Å². The Labute approximate surface area is 160 Å². The maximum Gasteiger partial charge on any atom is 0.416 e. The number of carbonyl (C=O) groups excluding carboxylic acids is 1. The molecule has 0 bridgehead atoms. The summed E-state index contributed by atoms with van der Waals surface area (Å²) in [6.45, 7) is 0.961. The topological polar surface area (TPSA) is 60.5 Å². The van der Waals surface area contributed by atoms with E-state index in [1.54, 1.807) is 0 Å². The number of hydrogen-bond acceptors (Lipinski definition) is 4. The van der Waals surface area contributed by atoms with Crippen molar-refractivity contribution in [3.8, 4) is 5.88 Å². The van der Waals surface area contributed by atoms with E-state index in [4.69, 9.17) is 9.47 Å². The van der Waals surface area contributed by atoms with E-state index in [1.807, 2.05) is 5.32 Å². The van der Waals surface area contributed by atoms with Gasteiger partial charge in [-0.05, 0) is 24.3 Å². The molecule has 1 atom stereocenters. The highest BCUT2D eigenvalue weighted by atomic mass is 19.4. The Bertz CT molecular complexity index is 842. The van der Waals surface area contributed by atoms with Crippen LogP contribution in [0.25, 0.3) is 0 Å². The molecule has 156 valence electrons. The average Bonchev–Trinajstić information content (AvgIpc) is 3.13. The van der Waals surface area contributed by atoms with Crippen LogP contribution in [0.5, 0.6) is 5.88 Å². The van der Waals surface area contributed by atoms with Gasteiger partial charge in [0.15, 0.2) is 0 Å². The lowest BCUT2D eigenvalue weighted by molar-refractivity contribution is -0.143. The van der Waals surface area contributed by atoms with Crippen molar-refractivity contribution in [3.63, 3.8) is 0 Å². The number of alkyl halides is 6. The SMILES string of the molecule is O=C(Nc1cc(C(F)(F)F)cc(C(F)(F)F)c1)c1ccc(OC2CCOC2)nc1. The molecule has 0 radical (unpaired) electrons. The van der Waals surface area contributed by atoms with E-state index in [-0.39, 0.29) is 23.6 Å². The number of anilines is 1. The summed E-state index contributed by atoms with van der Waals surface area (Å²) in [7, 11) is 0. The van der Waals surface area contributed by atoms with Crippen molar-refractivity contribution in [2.75, 3.05) is 18.5 Å². The summed E-state index contributed by atoms with van der Waals surface area (Å²) in [6.07, 6.45) is -8.40. The zero-order valence-corrected chi connectivity index (χ0v) is 14.6. The third kappa shape index (κ3) is 5.37. The molecule has 1 fully saturated rings. The number of carbonyl (C=O) groups is 1. The summed E-state index contributed by atoms with van der Waals surface area (Å²) in [5.74, 6) is -0.698. The molecule has 2 aromatic rings. The van der Waals surface area contributed by atoms with Gasteiger partial charge in [-0.3, -0.25) is 4.79 Å². The first-order chi connectivity index (χ1) is 13.5. The van der Waals surface area contributed by atoms with E-state index in [0.29, 0.717) is 31.8 Å². The number of halogens is 6. The van der Waals surface area contributed by atoms with Gasteiger partial charge in [-0.15, -0.1) is 0 Å². The molecule has 5 nitrogen and oxygen atoms in total. The Balaban J connectivity index is 1.77. The van der Waals surface area contributed by atoms with Gasteiger partial charge < -0.3 is 14.8 Å². The highest BCUT2D eigenvalue weighted by molar-refractivity contribution is 6.04. The molecule has 0 saturated carbocycles. The predicted molar refractivity (Wildman–Crippen MR) is 88.5 cm³/mol. The summed E-state index contributed by atoms with van der Waals surface area (Å²) in [6, 6.07) is 3.51. The number of ether oxygens (including phenoxy) is 2. The van der Waals surface area contributed by atoms with Crippen LogP contribution in [0, 0.1) is 0 Å². The molecule has 1 aliphatic heterocycles. The quantitative estimate of drug-likeness (QED) is 0.738. The molecule has 1 aromatic carbocycles. The first-order valence-electron chi connectivity index (χ1n) is 8.33. The number of nitrogens with one attached hydrogen (secondary N) is 1. The molecule has 1 aliphatic rings. The third-order valence-electron chi connectivity index (χ3n) is 4.02. The second-order valence-corrected chi connectivity index (χ2v) is 6.24. The smallest absolute Gasteiger partial charge is 0.416 e. The van der Waals surface area contributed by atoms with Gasteiger partial charge in [-0.25, -0.2) is 4.98 Å². The second-order valence-electron chi connectivity index (χ2n) is 6.24. The minimum Gasteiger partial charge on any atom is -0.472 e. The standard InChI is InChI=1S/C18H14F6N2O3/c19-17(20,21)11-5-12(18(22,23)24)7-13(6-11)26-16(27)10-1-2-15(25-8-10)29-14-3-4-28-9-14/h1-2,5-8,14H,3-4,9H2,(H,26,27). The Morgan fingerprint density at radius 1 is 1.07 bits per heavy atom. The minimum absolute atomic E-state index is 0.0178. The van der Waals surface area contributed by atoms with E-state index in [0.717, 1.165) is 6.20 Å². The molecule has 1 unspecified atom stereocenters. The van der Waals surface area contributed by atoms with Crippen LogP contribution < -0.4 is 10.1 Å². The highest BCUT2D eigenvalue weighted by Crippen LogP contribution is 2.37. The van der Waals surface area contributed by atoms with Crippen molar-refractivity contribution in [2.45, 2.75) is 24.9 Å². The van der Waals surface area contributed by atoms with Crippen LogP contribution in [-0.2, 0) is 17.1 Å². The Kier molecular flexibility index (Phi) is 5.69. The van der Waals surface area contributed by atoms with Crippen LogP contribution in [0.3, 0.4) is 0 Å². The number of hydrogen-bond donors (Lipinski definition) is 1. The Morgan fingerprint density at radius 3 is 2.21 bits per heavy atom. The summed E-state index contributed by atoms with van der Waals surface area (Å²) >= 11 is 0. The van der Waals surface area contributed by atoms with Crippen molar-refractivity contribution in [1.82, 2.24) is 4.98 Å². The third-order valence-corrected chi connectivity index (χ3v) is 4.02. The summed E-state index contributed by atoms with van der Waals surface area (Å²) in [5.41, 5.74) is -3.75. The van der Waals surface area contributed by atoms with Gasteiger partial charge in [-0.1, -0.05) is 0 Å². The van der Waals surface area contributed by atoms with Crippen LogP contribution in [0.4, 0.5) is 32.0 Å². The van der Waals surface area contributed by atoms with E-state index in [2.05, 4.69) is 4.98 Å². The van der Waals surface area contributed by atoms with E-state index < -0.39 is 35.1 Å². The molecule has 2 heterocycles. The lowest BCUT2D eigenvalue weighted by Gasteiger charge is -2.15. The molecule has 29 heavy (non-hydrogen) atoms. The van der Waals surface area contributed by atoms with E-state index in [9.17, 15) is 31.1 Å². The lowest BCUT2D eigenvalue weighted by Crippen LogP contribution is -2.17. The van der Waals surface area contributed by atoms with Crippen LogP contribution in [0.1, 0.15) is 27.9 Å². The summed E-state index contributed by atoms with van der Waals surface area (Å²) < 4.78 is 88.0. The van der Waals surface area contributed by atoms with Crippen LogP contribution in [0.2, 0.25) is 0 Å².